The summed E-state index contributed by atoms with van der Waals surface area (Å²) in [4.78, 5) is 21.5. The molecule has 0 aliphatic rings. The quantitative estimate of drug-likeness (QED) is 0.664. The smallest absolute Gasteiger partial charge is 0.465 e. The Bertz CT molecular complexity index is 210. The third-order valence-corrected chi connectivity index (χ3v) is 3.32. The van der Waals surface area contributed by atoms with E-state index in [9.17, 15) is 9.59 Å². The van der Waals surface area contributed by atoms with Crippen molar-refractivity contribution in [2.24, 2.45) is 0 Å². The van der Waals surface area contributed by atoms with Crippen LogP contribution in [0, 0.1) is 0 Å². The minimum absolute atomic E-state index is 0.162. The Morgan fingerprint density at radius 3 is 1.64 bits per heavy atom. The molecule has 0 aliphatic carbocycles. The molecule has 6 heteroatoms. The summed E-state index contributed by atoms with van der Waals surface area (Å²) in [5.41, 5.74) is 0. The highest BCUT2D eigenvalue weighted by Gasteiger charge is 2.42. The number of carbonyl (C=O) groups is 2. The highest BCUT2D eigenvalue weighted by molar-refractivity contribution is 6.62. The molecule has 0 aliphatic heterocycles. The van der Waals surface area contributed by atoms with Gasteiger partial charge in [0.05, 0.1) is 0 Å². The Balaban J connectivity index is 4.48. The Morgan fingerprint density at radius 2 is 1.43 bits per heavy atom. The molecule has 0 amide bonds. The van der Waals surface area contributed by atoms with Crippen molar-refractivity contribution in [2.75, 3.05) is 0 Å². The summed E-state index contributed by atoms with van der Waals surface area (Å²) in [6.45, 7) is 7.56. The first-order valence-corrected chi connectivity index (χ1v) is 6.54. The van der Waals surface area contributed by atoms with Gasteiger partial charge in [-0.2, -0.15) is 0 Å². The molecule has 0 unspecified atom stereocenters. The summed E-state index contributed by atoms with van der Waals surface area (Å²) in [7, 11) is -3.14. The Morgan fingerprint density at radius 1 is 1.07 bits per heavy atom. The van der Waals surface area contributed by atoms with Gasteiger partial charge in [0, 0.05) is 26.5 Å². The van der Waals surface area contributed by atoms with Crippen LogP contribution in [0.4, 0.5) is 0 Å². The van der Waals surface area contributed by atoms with E-state index in [1.54, 1.807) is 13.8 Å². The lowest BCUT2D eigenvalue weighted by atomic mass is 10.5. The molecule has 14 heavy (non-hydrogen) atoms. The van der Waals surface area contributed by atoms with Crippen LogP contribution in [0.3, 0.4) is 0 Å². The normalized spacial score (nSPS) is 11.3. The SMILES string of the molecule is CC(=O)O[Si](C)(OC(C)=O)OC(C)C. The molecule has 0 aromatic rings. The van der Waals surface area contributed by atoms with Crippen molar-refractivity contribution in [2.45, 2.75) is 40.3 Å². The minimum atomic E-state index is -3.14. The number of rotatable bonds is 4. The second-order valence-corrected chi connectivity index (χ2v) is 5.58. The van der Waals surface area contributed by atoms with Crippen LogP contribution in [0.25, 0.3) is 0 Å². The van der Waals surface area contributed by atoms with Crippen molar-refractivity contribution in [1.29, 1.82) is 0 Å². The van der Waals surface area contributed by atoms with Crippen LogP contribution in [0.5, 0.6) is 0 Å². The summed E-state index contributed by atoms with van der Waals surface area (Å²) in [6, 6.07) is 0. The van der Waals surface area contributed by atoms with Gasteiger partial charge in [0.25, 0.3) is 11.9 Å². The second-order valence-electron chi connectivity index (χ2n) is 3.22. The average molecular weight is 220 g/mol. The standard InChI is InChI=1S/C8H16O5Si/c1-6(2)11-14(5,12-7(3)9)13-8(4)10/h6H,1-5H3. The maximum atomic E-state index is 10.8. The van der Waals surface area contributed by atoms with E-state index in [0.29, 0.717) is 0 Å². The average Bonchev–Trinajstić information content (AvgIpc) is 1.76. The molecule has 0 atom stereocenters. The second kappa shape index (κ2) is 5.11. The number of hydrogen-bond donors (Lipinski definition) is 0. The van der Waals surface area contributed by atoms with Gasteiger partial charge in [-0.05, 0) is 13.8 Å². The molecule has 0 saturated carbocycles. The molecule has 82 valence electrons. The van der Waals surface area contributed by atoms with E-state index in [1.165, 1.54) is 20.4 Å². The van der Waals surface area contributed by atoms with Gasteiger partial charge in [-0.1, -0.05) is 0 Å². The zero-order valence-corrected chi connectivity index (χ0v) is 10.1. The highest BCUT2D eigenvalue weighted by atomic mass is 28.4. The summed E-state index contributed by atoms with van der Waals surface area (Å²) < 4.78 is 15.1. The number of carbonyl (C=O) groups excluding carboxylic acids is 2. The van der Waals surface area contributed by atoms with E-state index in [4.69, 9.17) is 13.3 Å². The molecule has 0 radical (unpaired) electrons. The summed E-state index contributed by atoms with van der Waals surface area (Å²) in [5, 5.41) is 0. The van der Waals surface area contributed by atoms with Gasteiger partial charge in [-0.25, -0.2) is 0 Å². The Hall–Kier alpha value is -0.883. The van der Waals surface area contributed by atoms with E-state index in [-0.39, 0.29) is 6.10 Å². The van der Waals surface area contributed by atoms with Crippen molar-refractivity contribution in [3.63, 3.8) is 0 Å². The lowest BCUT2D eigenvalue weighted by molar-refractivity contribution is -0.143. The molecule has 0 aromatic heterocycles. The molecular weight excluding hydrogens is 204 g/mol. The molecule has 0 spiro atoms. The molecular formula is C8H16O5Si. The van der Waals surface area contributed by atoms with Crippen LogP contribution in [0.15, 0.2) is 0 Å². The molecule has 0 saturated heterocycles. The van der Waals surface area contributed by atoms with Gasteiger partial charge in [0.15, 0.2) is 0 Å². The van der Waals surface area contributed by atoms with Crippen molar-refractivity contribution < 1.29 is 22.9 Å². The molecule has 0 aromatic carbocycles. The summed E-state index contributed by atoms with van der Waals surface area (Å²) >= 11 is 0. The fourth-order valence-electron chi connectivity index (χ4n) is 1.02. The van der Waals surface area contributed by atoms with Gasteiger partial charge >= 0.3 is 8.80 Å². The van der Waals surface area contributed by atoms with Crippen molar-refractivity contribution in [1.82, 2.24) is 0 Å². The number of hydrogen-bond acceptors (Lipinski definition) is 5. The minimum Gasteiger partial charge on any atom is -0.465 e. The van der Waals surface area contributed by atoms with E-state index in [1.807, 2.05) is 0 Å². The van der Waals surface area contributed by atoms with E-state index >= 15 is 0 Å². The Labute approximate surface area is 84.7 Å². The first-order chi connectivity index (χ1) is 6.25. The highest BCUT2D eigenvalue weighted by Crippen LogP contribution is 2.12. The lowest BCUT2D eigenvalue weighted by Gasteiger charge is -2.25. The van der Waals surface area contributed by atoms with Crippen LogP contribution in [0.2, 0.25) is 6.55 Å². The van der Waals surface area contributed by atoms with Crippen LogP contribution in [-0.2, 0) is 22.9 Å². The fraction of sp³-hybridized carbons (Fsp3) is 0.750. The maximum Gasteiger partial charge on any atom is 0.632 e. The first kappa shape index (κ1) is 13.1. The fourth-order valence-corrected chi connectivity index (χ4v) is 3.06. The zero-order chi connectivity index (χ0) is 11.4. The summed E-state index contributed by atoms with van der Waals surface area (Å²) in [5.74, 6) is -1.03. The van der Waals surface area contributed by atoms with Crippen molar-refractivity contribution in [3.05, 3.63) is 0 Å². The van der Waals surface area contributed by atoms with Crippen molar-refractivity contribution in [3.8, 4) is 0 Å². The van der Waals surface area contributed by atoms with Crippen LogP contribution >= 0.6 is 0 Å². The predicted octanol–water partition coefficient (Wildman–Crippen LogP) is 1.11. The largest absolute Gasteiger partial charge is 0.632 e. The predicted molar refractivity (Wildman–Crippen MR) is 51.4 cm³/mol. The molecule has 5 nitrogen and oxygen atoms in total. The summed E-state index contributed by atoms with van der Waals surface area (Å²) in [6.07, 6.45) is -0.162. The van der Waals surface area contributed by atoms with E-state index < -0.39 is 20.7 Å². The third kappa shape index (κ3) is 5.71. The topological polar surface area (TPSA) is 61.8 Å². The Kier molecular flexibility index (Phi) is 4.79. The molecule has 0 rings (SSSR count). The molecule has 0 N–H and O–H groups in total. The molecule has 0 fully saturated rings. The lowest BCUT2D eigenvalue weighted by Crippen LogP contribution is -2.46. The monoisotopic (exact) mass is 220 g/mol. The van der Waals surface area contributed by atoms with Gasteiger partial charge in [-0.15, -0.1) is 0 Å². The van der Waals surface area contributed by atoms with Gasteiger partial charge < -0.3 is 13.3 Å². The maximum absolute atomic E-state index is 10.8. The van der Waals surface area contributed by atoms with Crippen LogP contribution in [0.1, 0.15) is 27.7 Å². The van der Waals surface area contributed by atoms with Gasteiger partial charge in [-0.3, -0.25) is 9.59 Å². The van der Waals surface area contributed by atoms with Gasteiger partial charge in [0.2, 0.25) is 0 Å². The van der Waals surface area contributed by atoms with Gasteiger partial charge in [0.1, 0.15) is 0 Å². The zero-order valence-electron chi connectivity index (χ0n) is 9.12. The molecule has 0 heterocycles. The van der Waals surface area contributed by atoms with Crippen LogP contribution in [-0.4, -0.2) is 26.8 Å². The molecule has 0 bridgehead atoms. The van der Waals surface area contributed by atoms with E-state index in [2.05, 4.69) is 0 Å². The van der Waals surface area contributed by atoms with Crippen molar-refractivity contribution >= 4 is 20.7 Å². The first-order valence-electron chi connectivity index (χ1n) is 4.32. The third-order valence-electron chi connectivity index (χ3n) is 1.11. The van der Waals surface area contributed by atoms with E-state index in [0.717, 1.165) is 0 Å². The van der Waals surface area contributed by atoms with Crippen LogP contribution < -0.4 is 0 Å².